The molecule has 0 N–H and O–H groups in total. The zero-order chi connectivity index (χ0) is 49.9. The summed E-state index contributed by atoms with van der Waals surface area (Å²) in [7, 11) is 1.66. The van der Waals surface area contributed by atoms with Gasteiger partial charge in [0, 0.05) is 44.5 Å². The van der Waals surface area contributed by atoms with E-state index in [0.29, 0.717) is 23.9 Å². The maximum Gasteiger partial charge on any atom is 0.179 e. The Hall–Kier alpha value is -9.34. The molecule has 0 unspecified atom stereocenters. The third-order valence-corrected chi connectivity index (χ3v) is 11.7. The van der Waals surface area contributed by atoms with Crippen molar-refractivity contribution in [2.24, 2.45) is 20.0 Å². The van der Waals surface area contributed by atoms with E-state index in [2.05, 4.69) is 24.3 Å². The minimum absolute atomic E-state index is 0.108. The summed E-state index contributed by atoms with van der Waals surface area (Å²) < 4.78 is 29.6. The second-order valence-corrected chi connectivity index (χ2v) is 16.5. The number of rotatable bonds is 21. The molecule has 0 spiro atoms. The van der Waals surface area contributed by atoms with Crippen LogP contribution in [0.5, 0.6) is 28.7 Å². The normalized spacial score (nSPS) is 12.0. The van der Waals surface area contributed by atoms with E-state index in [1.54, 1.807) is 7.11 Å². The predicted molar refractivity (Wildman–Crippen MR) is 294 cm³/mol. The number of methoxy groups -OCH3 is 1. The molecule has 0 aliphatic rings. The third kappa shape index (κ3) is 13.3. The molecular formula is C64H54N4O5. The summed E-state index contributed by atoms with van der Waals surface area (Å²) in [5.41, 5.74) is 11.9. The number of nitrogens with zero attached hydrogens (tertiary/aromatic N) is 4. The number of hydrogen-bond donors (Lipinski definition) is 0. The van der Waals surface area contributed by atoms with Crippen LogP contribution in [0.25, 0.3) is 0 Å². The first-order valence-electron chi connectivity index (χ1n) is 24.1. The summed E-state index contributed by atoms with van der Waals surface area (Å²) in [4.78, 5) is 19.8. The first-order valence-corrected chi connectivity index (χ1v) is 24.1. The molecular weight excluding hydrogens is 905 g/mol. The molecule has 73 heavy (non-hydrogen) atoms. The van der Waals surface area contributed by atoms with Crippen LogP contribution >= 0.6 is 0 Å². The second kappa shape index (κ2) is 25.0. The van der Waals surface area contributed by atoms with Gasteiger partial charge in [-0.25, -0.2) is 20.0 Å². The highest BCUT2D eigenvalue weighted by Crippen LogP contribution is 2.25. The molecule has 0 heterocycles. The Labute approximate surface area is 427 Å². The SMILES string of the molecule is CCOc1ccc(/C(=N\COc2ccc(/C(=N\COc3ccc(/C(=N\COc4ccc(C(=Nc5ccc(OC)cc5)c5ccccc5)cc4)c4ccccc4)cc3)c3ccccc3)cc2)c2ccccc2)cc1. The number of hydrogen-bond acceptors (Lipinski definition) is 9. The first kappa shape index (κ1) is 48.7. The molecule has 0 saturated heterocycles. The minimum atomic E-state index is 0.108. The van der Waals surface area contributed by atoms with Crippen molar-refractivity contribution in [2.45, 2.75) is 6.92 Å². The van der Waals surface area contributed by atoms with Crippen LogP contribution < -0.4 is 23.7 Å². The lowest BCUT2D eigenvalue weighted by Gasteiger charge is -2.12. The standard InChI is InChI=1S/C64H54N4O5/c1-3-70-57-34-24-51(25-35-57)61(47-16-8-4-9-17-47)65-44-71-58-36-26-52(27-37-58)62(48-18-10-5-11-19-48)66-45-72-59-38-28-53(29-39-59)63(49-20-12-6-13-21-49)67-46-73-60-40-30-54(31-41-60)64(50-22-14-7-15-23-50)68-55-32-42-56(69-2)43-33-55/h4-43H,3,44-46H2,1-2H3/b65-61-,66-62-,67-63-,68-64?. The molecule has 0 aliphatic carbocycles. The highest BCUT2D eigenvalue weighted by atomic mass is 16.5. The van der Waals surface area contributed by atoms with Gasteiger partial charge in [0.15, 0.2) is 20.2 Å². The van der Waals surface area contributed by atoms with Crippen LogP contribution in [0.4, 0.5) is 5.69 Å². The summed E-state index contributed by atoms with van der Waals surface area (Å²) in [6.07, 6.45) is 0. The largest absolute Gasteiger partial charge is 0.497 e. The van der Waals surface area contributed by atoms with E-state index in [1.807, 2.05) is 225 Å². The van der Waals surface area contributed by atoms with Crippen molar-refractivity contribution in [2.75, 3.05) is 33.9 Å². The lowest BCUT2D eigenvalue weighted by molar-refractivity contribution is 0.331. The summed E-state index contributed by atoms with van der Waals surface area (Å²) in [5, 5.41) is 0. The van der Waals surface area contributed by atoms with Gasteiger partial charge in [-0.3, -0.25) is 0 Å². The molecule has 0 bridgehead atoms. The average molecular weight is 959 g/mol. The van der Waals surface area contributed by atoms with E-state index >= 15 is 0 Å². The van der Waals surface area contributed by atoms with E-state index < -0.39 is 0 Å². The van der Waals surface area contributed by atoms with Crippen molar-refractivity contribution in [1.82, 2.24) is 0 Å². The van der Waals surface area contributed by atoms with Gasteiger partial charge in [-0.15, -0.1) is 0 Å². The maximum atomic E-state index is 6.23. The molecule has 9 heteroatoms. The molecule has 0 saturated carbocycles. The molecule has 0 fully saturated rings. The van der Waals surface area contributed by atoms with Crippen LogP contribution in [0, 0.1) is 0 Å². The van der Waals surface area contributed by atoms with Gasteiger partial charge in [0.25, 0.3) is 0 Å². The summed E-state index contributed by atoms with van der Waals surface area (Å²) in [6, 6.07) is 79.9. The van der Waals surface area contributed by atoms with Gasteiger partial charge in [0.2, 0.25) is 0 Å². The van der Waals surface area contributed by atoms with Gasteiger partial charge in [-0.2, -0.15) is 0 Å². The van der Waals surface area contributed by atoms with Crippen LogP contribution in [-0.2, 0) is 0 Å². The molecule has 0 aromatic heterocycles. The Balaban J connectivity index is 0.858. The Kier molecular flexibility index (Phi) is 16.7. The summed E-state index contributed by atoms with van der Waals surface area (Å²) >= 11 is 0. The Morgan fingerprint density at radius 3 is 0.849 bits per heavy atom. The fraction of sp³-hybridized carbons (Fsp3) is 0.0938. The van der Waals surface area contributed by atoms with E-state index in [0.717, 1.165) is 84.5 Å². The summed E-state index contributed by atoms with van der Waals surface area (Å²) in [5.74, 6) is 3.67. The third-order valence-electron chi connectivity index (χ3n) is 11.7. The molecule has 0 aliphatic heterocycles. The van der Waals surface area contributed by atoms with E-state index in [4.69, 9.17) is 43.7 Å². The summed E-state index contributed by atoms with van der Waals surface area (Å²) in [6.45, 7) is 2.95. The van der Waals surface area contributed by atoms with Gasteiger partial charge in [-0.05, 0) is 128 Å². The highest BCUT2D eigenvalue weighted by molar-refractivity contribution is 6.15. The highest BCUT2D eigenvalue weighted by Gasteiger charge is 2.13. The topological polar surface area (TPSA) is 95.6 Å². The Morgan fingerprint density at radius 1 is 0.288 bits per heavy atom. The monoisotopic (exact) mass is 958 g/mol. The van der Waals surface area contributed by atoms with E-state index in [-0.39, 0.29) is 20.2 Å². The Bertz CT molecular complexity index is 3250. The first-order chi connectivity index (χ1) is 36.1. The second-order valence-electron chi connectivity index (χ2n) is 16.5. The molecule has 9 aromatic carbocycles. The van der Waals surface area contributed by atoms with Gasteiger partial charge >= 0.3 is 0 Å². The maximum absolute atomic E-state index is 6.23. The van der Waals surface area contributed by atoms with Crippen molar-refractivity contribution >= 4 is 28.5 Å². The van der Waals surface area contributed by atoms with Gasteiger partial charge in [0.05, 0.1) is 42.3 Å². The lowest BCUT2D eigenvalue weighted by Crippen LogP contribution is -2.08. The van der Waals surface area contributed by atoms with Gasteiger partial charge in [0.1, 0.15) is 28.7 Å². The van der Waals surface area contributed by atoms with Gasteiger partial charge in [-0.1, -0.05) is 121 Å². The van der Waals surface area contributed by atoms with E-state index in [9.17, 15) is 0 Å². The fourth-order valence-corrected chi connectivity index (χ4v) is 8.03. The fourth-order valence-electron chi connectivity index (χ4n) is 8.03. The van der Waals surface area contributed by atoms with Crippen LogP contribution in [0.15, 0.2) is 263 Å². The van der Waals surface area contributed by atoms with E-state index in [1.165, 1.54) is 0 Å². The molecule has 9 aromatic rings. The predicted octanol–water partition coefficient (Wildman–Crippen LogP) is 13.9. The van der Waals surface area contributed by atoms with Crippen molar-refractivity contribution in [3.05, 3.63) is 287 Å². The Morgan fingerprint density at radius 2 is 0.548 bits per heavy atom. The quantitative estimate of drug-likeness (QED) is 0.0669. The number of ether oxygens (including phenoxy) is 5. The number of aliphatic imine (C=N–C) groups is 4. The lowest BCUT2D eigenvalue weighted by atomic mass is 10.0. The van der Waals surface area contributed by atoms with Gasteiger partial charge < -0.3 is 23.7 Å². The zero-order valence-corrected chi connectivity index (χ0v) is 40.8. The molecule has 0 radical (unpaired) electrons. The van der Waals surface area contributed by atoms with Crippen LogP contribution in [0.1, 0.15) is 51.4 Å². The molecule has 360 valence electrons. The van der Waals surface area contributed by atoms with Crippen molar-refractivity contribution in [3.63, 3.8) is 0 Å². The average Bonchev–Trinajstić information content (AvgIpc) is 3.46. The van der Waals surface area contributed by atoms with Crippen molar-refractivity contribution in [3.8, 4) is 28.7 Å². The molecule has 0 amide bonds. The molecule has 0 atom stereocenters. The van der Waals surface area contributed by atoms with Crippen LogP contribution in [-0.4, -0.2) is 56.8 Å². The smallest absolute Gasteiger partial charge is 0.179 e. The molecule has 9 rings (SSSR count). The van der Waals surface area contributed by atoms with Crippen LogP contribution in [0.3, 0.4) is 0 Å². The number of benzene rings is 9. The van der Waals surface area contributed by atoms with Crippen molar-refractivity contribution < 1.29 is 23.7 Å². The van der Waals surface area contributed by atoms with Crippen LogP contribution in [0.2, 0.25) is 0 Å². The molecule has 9 nitrogen and oxygen atoms in total. The zero-order valence-electron chi connectivity index (χ0n) is 40.8. The van der Waals surface area contributed by atoms with Crippen molar-refractivity contribution in [1.29, 1.82) is 0 Å². The minimum Gasteiger partial charge on any atom is -0.497 e.